The number of piperidine rings is 1. The molecule has 0 aromatic carbocycles. The van der Waals surface area contributed by atoms with E-state index < -0.39 is 12.0 Å². The summed E-state index contributed by atoms with van der Waals surface area (Å²) in [6.07, 6.45) is 0.961. The van der Waals surface area contributed by atoms with Gasteiger partial charge in [-0.25, -0.2) is 4.79 Å². The Hall–Kier alpha value is -1.10. The second kappa shape index (κ2) is 6.00. The molecule has 1 aliphatic rings. The van der Waals surface area contributed by atoms with Crippen molar-refractivity contribution in [3.63, 3.8) is 0 Å². The van der Waals surface area contributed by atoms with Crippen LogP contribution in [0.2, 0.25) is 0 Å². The van der Waals surface area contributed by atoms with Gasteiger partial charge in [0.05, 0.1) is 6.61 Å². The van der Waals surface area contributed by atoms with E-state index in [9.17, 15) is 9.59 Å². The summed E-state index contributed by atoms with van der Waals surface area (Å²) in [6.45, 7) is 7.58. The first-order valence-electron chi connectivity index (χ1n) is 6.18. The number of hydrogen-bond donors (Lipinski definition) is 1. The monoisotopic (exact) mass is 242 g/mol. The van der Waals surface area contributed by atoms with Crippen LogP contribution < -0.4 is 5.73 Å². The van der Waals surface area contributed by atoms with Crippen LogP contribution in [0.3, 0.4) is 0 Å². The van der Waals surface area contributed by atoms with Gasteiger partial charge in [-0.2, -0.15) is 0 Å². The molecule has 98 valence electrons. The summed E-state index contributed by atoms with van der Waals surface area (Å²) >= 11 is 0. The lowest BCUT2D eigenvalue weighted by molar-refractivity contribution is -0.151. The molecule has 0 aliphatic carbocycles. The SMILES string of the molecule is CCOC(=O)C(N)C(=O)N1CCC(C)C(C)C1. The third kappa shape index (κ3) is 3.43. The standard InChI is InChI=1S/C12H22N2O3/c1-4-17-12(16)10(13)11(15)14-6-5-8(2)9(3)7-14/h8-10H,4-7,13H2,1-3H3. The molecule has 17 heavy (non-hydrogen) atoms. The molecule has 3 atom stereocenters. The van der Waals surface area contributed by atoms with Crippen LogP contribution in [0.25, 0.3) is 0 Å². The summed E-state index contributed by atoms with van der Waals surface area (Å²) in [4.78, 5) is 25.0. The summed E-state index contributed by atoms with van der Waals surface area (Å²) < 4.78 is 4.75. The highest BCUT2D eigenvalue weighted by molar-refractivity contribution is 6.01. The molecule has 0 spiro atoms. The molecule has 1 saturated heterocycles. The average molecular weight is 242 g/mol. The summed E-state index contributed by atoms with van der Waals surface area (Å²) in [5.41, 5.74) is 5.59. The molecule has 5 heteroatoms. The first-order chi connectivity index (χ1) is 7.97. The minimum absolute atomic E-state index is 0.243. The van der Waals surface area contributed by atoms with Gasteiger partial charge in [-0.3, -0.25) is 4.79 Å². The normalized spacial score (nSPS) is 26.5. The van der Waals surface area contributed by atoms with Crippen molar-refractivity contribution in [1.82, 2.24) is 4.90 Å². The number of carbonyl (C=O) groups excluding carboxylic acids is 2. The van der Waals surface area contributed by atoms with Crippen LogP contribution in [-0.4, -0.2) is 42.5 Å². The minimum atomic E-state index is -1.17. The lowest BCUT2D eigenvalue weighted by Crippen LogP contribution is -2.52. The summed E-state index contributed by atoms with van der Waals surface area (Å²) in [6, 6.07) is -1.17. The Morgan fingerprint density at radius 2 is 2.06 bits per heavy atom. The number of amides is 1. The smallest absolute Gasteiger partial charge is 0.332 e. The predicted octanol–water partition coefficient (Wildman–Crippen LogP) is 0.381. The van der Waals surface area contributed by atoms with Crippen LogP contribution in [0.1, 0.15) is 27.2 Å². The van der Waals surface area contributed by atoms with Gasteiger partial charge < -0.3 is 15.4 Å². The van der Waals surface area contributed by atoms with Crippen molar-refractivity contribution in [1.29, 1.82) is 0 Å². The Morgan fingerprint density at radius 3 is 2.59 bits per heavy atom. The van der Waals surface area contributed by atoms with Gasteiger partial charge in [0.15, 0.2) is 6.04 Å². The van der Waals surface area contributed by atoms with Gasteiger partial charge in [0.1, 0.15) is 0 Å². The number of likely N-dealkylation sites (tertiary alicyclic amines) is 1. The van der Waals surface area contributed by atoms with Crippen molar-refractivity contribution >= 4 is 11.9 Å². The zero-order valence-electron chi connectivity index (χ0n) is 10.8. The molecule has 0 aromatic rings. The maximum Gasteiger partial charge on any atom is 0.332 e. The lowest BCUT2D eigenvalue weighted by Gasteiger charge is -2.36. The molecule has 1 amide bonds. The molecular weight excluding hydrogens is 220 g/mol. The largest absolute Gasteiger partial charge is 0.464 e. The van der Waals surface area contributed by atoms with Gasteiger partial charge in [0, 0.05) is 13.1 Å². The van der Waals surface area contributed by atoms with Crippen LogP contribution in [0.5, 0.6) is 0 Å². The number of hydrogen-bond acceptors (Lipinski definition) is 4. The minimum Gasteiger partial charge on any atom is -0.464 e. The molecule has 1 heterocycles. The van der Waals surface area contributed by atoms with E-state index in [1.54, 1.807) is 11.8 Å². The van der Waals surface area contributed by atoms with Gasteiger partial charge in [-0.1, -0.05) is 13.8 Å². The molecule has 0 aromatic heterocycles. The van der Waals surface area contributed by atoms with Crippen molar-refractivity contribution in [2.24, 2.45) is 17.6 Å². The molecule has 0 radical (unpaired) electrons. The van der Waals surface area contributed by atoms with Gasteiger partial charge in [0.2, 0.25) is 0 Å². The Labute approximate surface area is 102 Å². The maximum atomic E-state index is 12.0. The molecule has 3 unspecified atom stereocenters. The Balaban J connectivity index is 2.55. The maximum absolute atomic E-state index is 12.0. The number of nitrogens with two attached hydrogens (primary N) is 1. The van der Waals surface area contributed by atoms with E-state index >= 15 is 0 Å². The summed E-state index contributed by atoms with van der Waals surface area (Å²) in [5.74, 6) is 0.103. The van der Waals surface area contributed by atoms with E-state index in [2.05, 4.69) is 13.8 Å². The highest BCUT2D eigenvalue weighted by Crippen LogP contribution is 2.22. The second-order valence-electron chi connectivity index (χ2n) is 4.76. The first kappa shape index (κ1) is 14.0. The number of rotatable bonds is 3. The van der Waals surface area contributed by atoms with E-state index in [1.165, 1.54) is 0 Å². The summed E-state index contributed by atoms with van der Waals surface area (Å²) in [7, 11) is 0. The third-order valence-corrected chi connectivity index (χ3v) is 3.45. The van der Waals surface area contributed by atoms with Crippen LogP contribution in [-0.2, 0) is 14.3 Å². The highest BCUT2D eigenvalue weighted by Gasteiger charge is 2.32. The van der Waals surface area contributed by atoms with E-state index in [0.717, 1.165) is 6.42 Å². The first-order valence-corrected chi connectivity index (χ1v) is 6.18. The van der Waals surface area contributed by atoms with E-state index in [1.807, 2.05) is 0 Å². The second-order valence-corrected chi connectivity index (χ2v) is 4.76. The van der Waals surface area contributed by atoms with Crippen LogP contribution in [0.15, 0.2) is 0 Å². The Morgan fingerprint density at radius 1 is 1.41 bits per heavy atom. The predicted molar refractivity (Wildman–Crippen MR) is 64.1 cm³/mol. The molecule has 5 nitrogen and oxygen atoms in total. The Bertz CT molecular complexity index is 293. The van der Waals surface area contributed by atoms with Crippen LogP contribution in [0.4, 0.5) is 0 Å². The van der Waals surface area contributed by atoms with Gasteiger partial charge in [0.25, 0.3) is 5.91 Å². The molecule has 1 rings (SSSR count). The number of nitrogens with zero attached hydrogens (tertiary/aromatic N) is 1. The zero-order valence-corrected chi connectivity index (χ0v) is 10.8. The number of esters is 1. The molecule has 1 aliphatic heterocycles. The van der Waals surface area contributed by atoms with Crippen molar-refractivity contribution < 1.29 is 14.3 Å². The summed E-state index contributed by atoms with van der Waals surface area (Å²) in [5, 5.41) is 0. The Kier molecular flexibility index (Phi) is 4.93. The molecule has 2 N–H and O–H groups in total. The van der Waals surface area contributed by atoms with Gasteiger partial charge in [-0.05, 0) is 25.2 Å². The highest BCUT2D eigenvalue weighted by atomic mass is 16.5. The average Bonchev–Trinajstić information content (AvgIpc) is 2.31. The van der Waals surface area contributed by atoms with E-state index in [0.29, 0.717) is 24.9 Å². The topological polar surface area (TPSA) is 72.6 Å². The van der Waals surface area contributed by atoms with E-state index in [4.69, 9.17) is 10.5 Å². The van der Waals surface area contributed by atoms with Crippen LogP contribution in [0, 0.1) is 11.8 Å². The van der Waals surface area contributed by atoms with Crippen molar-refractivity contribution in [2.45, 2.75) is 33.2 Å². The number of ether oxygens (including phenoxy) is 1. The van der Waals surface area contributed by atoms with E-state index in [-0.39, 0.29) is 12.5 Å². The van der Waals surface area contributed by atoms with Crippen molar-refractivity contribution in [3.8, 4) is 0 Å². The quantitative estimate of drug-likeness (QED) is 0.573. The van der Waals surface area contributed by atoms with Crippen molar-refractivity contribution in [3.05, 3.63) is 0 Å². The zero-order chi connectivity index (χ0) is 13.0. The van der Waals surface area contributed by atoms with Crippen molar-refractivity contribution in [2.75, 3.05) is 19.7 Å². The van der Waals surface area contributed by atoms with Gasteiger partial charge in [-0.15, -0.1) is 0 Å². The fourth-order valence-electron chi connectivity index (χ4n) is 1.99. The molecular formula is C12H22N2O3. The fraction of sp³-hybridized carbons (Fsp3) is 0.833. The lowest BCUT2D eigenvalue weighted by atomic mass is 9.88. The van der Waals surface area contributed by atoms with Gasteiger partial charge >= 0.3 is 5.97 Å². The fourth-order valence-corrected chi connectivity index (χ4v) is 1.99. The van der Waals surface area contributed by atoms with Crippen LogP contribution >= 0.6 is 0 Å². The third-order valence-electron chi connectivity index (χ3n) is 3.45. The molecule has 0 bridgehead atoms. The number of carbonyl (C=O) groups is 2. The molecule has 0 saturated carbocycles. The molecule has 1 fully saturated rings.